The second-order valence-corrected chi connectivity index (χ2v) is 5.78. The summed E-state index contributed by atoms with van der Waals surface area (Å²) in [4.78, 5) is 34.5. The van der Waals surface area contributed by atoms with Crippen molar-refractivity contribution in [2.24, 2.45) is 0 Å². The van der Waals surface area contributed by atoms with Crippen molar-refractivity contribution in [2.45, 2.75) is 32.2 Å². The Kier molecular flexibility index (Phi) is 4.45. The van der Waals surface area contributed by atoms with Crippen LogP contribution in [0.5, 0.6) is 0 Å². The summed E-state index contributed by atoms with van der Waals surface area (Å²) in [6.45, 7) is 3.09. The number of aromatic nitrogens is 4. The SMILES string of the molecule is Cc1ccc(=O)n(CC(=O)N2CCC[C@@H](c3cnccn3)C2)n1. The van der Waals surface area contributed by atoms with Gasteiger partial charge in [0.1, 0.15) is 6.54 Å². The minimum absolute atomic E-state index is 0.0201. The number of carbonyl (C=O) groups excluding carboxylic acids is 1. The Morgan fingerprint density at radius 2 is 2.22 bits per heavy atom. The van der Waals surface area contributed by atoms with Gasteiger partial charge in [0.15, 0.2) is 0 Å². The summed E-state index contributed by atoms with van der Waals surface area (Å²) >= 11 is 0. The number of rotatable bonds is 3. The molecular weight excluding hydrogens is 294 g/mol. The van der Waals surface area contributed by atoms with E-state index in [2.05, 4.69) is 15.1 Å². The van der Waals surface area contributed by atoms with E-state index in [-0.39, 0.29) is 23.9 Å². The molecule has 0 spiro atoms. The summed E-state index contributed by atoms with van der Waals surface area (Å²) in [5.74, 6) is 0.113. The van der Waals surface area contributed by atoms with Crippen molar-refractivity contribution in [3.8, 4) is 0 Å². The van der Waals surface area contributed by atoms with Gasteiger partial charge in [0.25, 0.3) is 5.56 Å². The van der Waals surface area contributed by atoms with E-state index in [0.717, 1.165) is 18.5 Å². The number of amides is 1. The monoisotopic (exact) mass is 313 g/mol. The van der Waals surface area contributed by atoms with E-state index >= 15 is 0 Å². The Balaban J connectivity index is 1.70. The molecule has 2 aromatic heterocycles. The molecule has 0 radical (unpaired) electrons. The van der Waals surface area contributed by atoms with Gasteiger partial charge in [0, 0.05) is 43.7 Å². The van der Waals surface area contributed by atoms with Crippen molar-refractivity contribution < 1.29 is 4.79 Å². The second-order valence-electron chi connectivity index (χ2n) is 5.78. The zero-order valence-electron chi connectivity index (χ0n) is 13.1. The predicted octanol–water partition coefficient (Wildman–Crippen LogP) is 0.748. The number of likely N-dealkylation sites (tertiary alicyclic amines) is 1. The lowest BCUT2D eigenvalue weighted by Crippen LogP contribution is -2.42. The zero-order valence-corrected chi connectivity index (χ0v) is 13.1. The van der Waals surface area contributed by atoms with Gasteiger partial charge in [0.05, 0.1) is 11.4 Å². The van der Waals surface area contributed by atoms with Crippen LogP contribution in [-0.2, 0) is 11.3 Å². The zero-order chi connectivity index (χ0) is 16.2. The van der Waals surface area contributed by atoms with Crippen LogP contribution in [0.15, 0.2) is 35.5 Å². The maximum Gasteiger partial charge on any atom is 0.267 e. The normalized spacial score (nSPS) is 18.0. The van der Waals surface area contributed by atoms with Gasteiger partial charge >= 0.3 is 0 Å². The molecule has 7 heteroatoms. The van der Waals surface area contributed by atoms with Gasteiger partial charge in [-0.2, -0.15) is 5.10 Å². The molecule has 0 saturated carbocycles. The number of nitrogens with zero attached hydrogens (tertiary/aromatic N) is 5. The van der Waals surface area contributed by atoms with E-state index in [1.807, 2.05) is 0 Å². The molecule has 1 saturated heterocycles. The summed E-state index contributed by atoms with van der Waals surface area (Å²) in [5.41, 5.74) is 1.37. The fourth-order valence-corrected chi connectivity index (χ4v) is 2.86. The average Bonchev–Trinajstić information content (AvgIpc) is 2.59. The van der Waals surface area contributed by atoms with Gasteiger partial charge in [0.2, 0.25) is 5.91 Å². The van der Waals surface area contributed by atoms with Crippen molar-refractivity contribution in [1.82, 2.24) is 24.6 Å². The molecule has 1 fully saturated rings. The molecule has 1 aliphatic rings. The van der Waals surface area contributed by atoms with E-state index in [9.17, 15) is 9.59 Å². The third-order valence-corrected chi connectivity index (χ3v) is 4.06. The minimum Gasteiger partial charge on any atom is -0.340 e. The number of hydrogen-bond donors (Lipinski definition) is 0. The lowest BCUT2D eigenvalue weighted by molar-refractivity contribution is -0.133. The summed E-state index contributed by atoms with van der Waals surface area (Å²) in [7, 11) is 0. The second kappa shape index (κ2) is 6.68. The molecule has 3 heterocycles. The van der Waals surface area contributed by atoms with Crippen molar-refractivity contribution in [3.63, 3.8) is 0 Å². The van der Waals surface area contributed by atoms with Crippen LogP contribution in [0.1, 0.15) is 30.1 Å². The standard InChI is InChI=1S/C16H19N5O2/c1-12-4-5-15(22)21(19-12)11-16(23)20-8-2-3-13(10-20)14-9-17-6-7-18-14/h4-7,9,13H,2-3,8,10-11H2,1H3/t13-/m1/s1. The van der Waals surface area contributed by atoms with Gasteiger partial charge in [-0.3, -0.25) is 19.6 Å². The fourth-order valence-electron chi connectivity index (χ4n) is 2.86. The van der Waals surface area contributed by atoms with Gasteiger partial charge in [-0.1, -0.05) is 0 Å². The molecule has 0 bridgehead atoms. The van der Waals surface area contributed by atoms with Crippen LogP contribution in [0.2, 0.25) is 0 Å². The van der Waals surface area contributed by atoms with Crippen LogP contribution in [-0.4, -0.2) is 43.6 Å². The minimum atomic E-state index is -0.258. The number of hydrogen-bond acceptors (Lipinski definition) is 5. The number of piperidine rings is 1. The summed E-state index contributed by atoms with van der Waals surface area (Å²) in [6.07, 6.45) is 6.98. The predicted molar refractivity (Wildman–Crippen MR) is 83.8 cm³/mol. The topological polar surface area (TPSA) is 81.0 Å². The van der Waals surface area contributed by atoms with E-state index in [1.165, 1.54) is 10.7 Å². The highest BCUT2D eigenvalue weighted by Gasteiger charge is 2.26. The smallest absolute Gasteiger partial charge is 0.267 e. The highest BCUT2D eigenvalue weighted by atomic mass is 16.2. The molecular formula is C16H19N5O2. The number of carbonyl (C=O) groups is 1. The van der Waals surface area contributed by atoms with Crippen molar-refractivity contribution in [1.29, 1.82) is 0 Å². The molecule has 0 N–H and O–H groups in total. The van der Waals surface area contributed by atoms with Gasteiger partial charge in [-0.25, -0.2) is 4.68 Å². The first-order chi connectivity index (χ1) is 11.1. The summed E-state index contributed by atoms with van der Waals surface area (Å²) < 4.78 is 1.23. The summed E-state index contributed by atoms with van der Waals surface area (Å²) in [6, 6.07) is 3.09. The molecule has 2 aromatic rings. The summed E-state index contributed by atoms with van der Waals surface area (Å²) in [5, 5.41) is 4.12. The third kappa shape index (κ3) is 3.61. The lowest BCUT2D eigenvalue weighted by atomic mass is 9.95. The maximum atomic E-state index is 12.5. The van der Waals surface area contributed by atoms with Gasteiger partial charge in [-0.15, -0.1) is 0 Å². The number of aryl methyl sites for hydroxylation is 1. The Hall–Kier alpha value is -2.57. The van der Waals surface area contributed by atoms with E-state index in [4.69, 9.17) is 0 Å². The molecule has 3 rings (SSSR count). The third-order valence-electron chi connectivity index (χ3n) is 4.06. The molecule has 23 heavy (non-hydrogen) atoms. The largest absolute Gasteiger partial charge is 0.340 e. The van der Waals surface area contributed by atoms with Crippen LogP contribution in [0, 0.1) is 6.92 Å². The quantitative estimate of drug-likeness (QED) is 0.835. The highest BCUT2D eigenvalue weighted by molar-refractivity contribution is 5.76. The maximum absolute atomic E-state index is 12.5. The molecule has 0 aromatic carbocycles. The van der Waals surface area contributed by atoms with Crippen LogP contribution in [0.25, 0.3) is 0 Å². The highest BCUT2D eigenvalue weighted by Crippen LogP contribution is 2.24. The molecule has 0 aliphatic carbocycles. The average molecular weight is 313 g/mol. The molecule has 1 aliphatic heterocycles. The van der Waals surface area contributed by atoms with E-state index in [0.29, 0.717) is 18.8 Å². The fraction of sp³-hybridized carbons (Fsp3) is 0.438. The van der Waals surface area contributed by atoms with Crippen LogP contribution in [0.3, 0.4) is 0 Å². The van der Waals surface area contributed by atoms with Crippen LogP contribution in [0.4, 0.5) is 0 Å². The Bertz CT molecular complexity index is 744. The van der Waals surface area contributed by atoms with E-state index < -0.39 is 0 Å². The molecule has 7 nitrogen and oxygen atoms in total. The first-order valence-electron chi connectivity index (χ1n) is 7.72. The lowest BCUT2D eigenvalue weighted by Gasteiger charge is -2.32. The van der Waals surface area contributed by atoms with Crippen LogP contribution < -0.4 is 5.56 Å². The molecule has 0 unspecified atom stereocenters. The molecule has 1 amide bonds. The Morgan fingerprint density at radius 1 is 1.35 bits per heavy atom. The van der Waals surface area contributed by atoms with E-state index in [1.54, 1.807) is 36.5 Å². The molecule has 1 atom stereocenters. The van der Waals surface area contributed by atoms with Crippen LogP contribution >= 0.6 is 0 Å². The van der Waals surface area contributed by atoms with Crippen molar-refractivity contribution in [3.05, 3.63) is 52.5 Å². The van der Waals surface area contributed by atoms with Crippen molar-refractivity contribution >= 4 is 5.91 Å². The van der Waals surface area contributed by atoms with Crippen molar-refractivity contribution in [2.75, 3.05) is 13.1 Å². The Labute approximate surface area is 134 Å². The first kappa shape index (κ1) is 15.3. The molecule has 120 valence electrons. The first-order valence-corrected chi connectivity index (χ1v) is 7.72. The van der Waals surface area contributed by atoms with Gasteiger partial charge in [-0.05, 0) is 25.8 Å². The Morgan fingerprint density at radius 3 is 3.00 bits per heavy atom. The van der Waals surface area contributed by atoms with Gasteiger partial charge < -0.3 is 4.90 Å².